The molecule has 0 radical (unpaired) electrons. The highest BCUT2D eigenvalue weighted by molar-refractivity contribution is 7.16. The molecule has 2 aromatic rings. The first-order chi connectivity index (χ1) is 11.6. The summed E-state index contributed by atoms with van der Waals surface area (Å²) in [4.78, 5) is 26.9. The van der Waals surface area contributed by atoms with Gasteiger partial charge >= 0.3 is 6.03 Å². The normalized spacial score (nSPS) is 11.7. The Bertz CT molecular complexity index is 685. The molecule has 0 spiro atoms. The molecule has 0 aliphatic heterocycles. The Balaban J connectivity index is 1.78. The molecule has 0 saturated heterocycles. The second-order valence-electron chi connectivity index (χ2n) is 5.11. The van der Waals surface area contributed by atoms with Gasteiger partial charge in [0.1, 0.15) is 6.54 Å². The predicted molar refractivity (Wildman–Crippen MR) is 98.6 cm³/mol. The van der Waals surface area contributed by atoms with Gasteiger partial charge in [-0.2, -0.15) is 0 Å². The molecule has 0 saturated carbocycles. The average molecular weight is 385 g/mol. The van der Waals surface area contributed by atoms with E-state index in [1.165, 1.54) is 11.3 Å². The molecule has 2 aromatic heterocycles. The van der Waals surface area contributed by atoms with E-state index in [-0.39, 0.29) is 12.5 Å². The van der Waals surface area contributed by atoms with Crippen molar-refractivity contribution in [3.8, 4) is 0 Å². The summed E-state index contributed by atoms with van der Waals surface area (Å²) in [5.41, 5.74) is 0. The van der Waals surface area contributed by atoms with E-state index < -0.39 is 6.03 Å². The van der Waals surface area contributed by atoms with Gasteiger partial charge in [0.25, 0.3) is 5.91 Å². The molecule has 0 aliphatic carbocycles. The van der Waals surface area contributed by atoms with Crippen molar-refractivity contribution in [3.63, 3.8) is 0 Å². The lowest BCUT2D eigenvalue weighted by Crippen LogP contribution is -3.11. The number of carbonyl (C=O) groups is 2. The van der Waals surface area contributed by atoms with Crippen molar-refractivity contribution in [2.24, 2.45) is 0 Å². The monoisotopic (exact) mass is 384 g/mol. The quantitative estimate of drug-likeness (QED) is 0.610. The summed E-state index contributed by atoms with van der Waals surface area (Å²) in [6.45, 7) is 5.60. The number of quaternary nitrogens is 1. The summed E-state index contributed by atoms with van der Waals surface area (Å²) in [5.74, 6) is -0.321. The number of amides is 3. The molecule has 128 valence electrons. The van der Waals surface area contributed by atoms with E-state index in [2.05, 4.69) is 17.2 Å². The number of halogens is 1. The molecule has 3 N–H and O–H groups in total. The first-order valence-electron chi connectivity index (χ1n) is 7.35. The van der Waals surface area contributed by atoms with E-state index in [1.807, 2.05) is 29.6 Å². The SMILES string of the molecule is C=CC[NH+](CC(=O)NC(=O)NCc1cccs1)Cc1ccc(Cl)s1. The van der Waals surface area contributed by atoms with E-state index in [9.17, 15) is 9.59 Å². The zero-order valence-electron chi connectivity index (χ0n) is 13.0. The summed E-state index contributed by atoms with van der Waals surface area (Å²) >= 11 is 8.97. The van der Waals surface area contributed by atoms with Crippen molar-refractivity contribution < 1.29 is 14.5 Å². The molecule has 1 unspecified atom stereocenters. The van der Waals surface area contributed by atoms with Crippen LogP contribution >= 0.6 is 34.3 Å². The van der Waals surface area contributed by atoms with E-state index >= 15 is 0 Å². The molecule has 2 rings (SSSR count). The topological polar surface area (TPSA) is 62.6 Å². The minimum absolute atomic E-state index is 0.188. The maximum Gasteiger partial charge on any atom is 0.321 e. The molecule has 8 heteroatoms. The first kappa shape index (κ1) is 18.7. The molecule has 5 nitrogen and oxygen atoms in total. The van der Waals surface area contributed by atoms with Gasteiger partial charge in [0, 0.05) is 4.88 Å². The molecule has 0 fully saturated rings. The highest BCUT2D eigenvalue weighted by atomic mass is 35.5. The van der Waals surface area contributed by atoms with Gasteiger partial charge in [-0.15, -0.1) is 22.7 Å². The van der Waals surface area contributed by atoms with Crippen LogP contribution in [-0.2, 0) is 17.9 Å². The number of rotatable bonds is 8. The number of imide groups is 1. The molecule has 0 aromatic carbocycles. The van der Waals surface area contributed by atoms with Gasteiger partial charge in [-0.3, -0.25) is 10.1 Å². The molecule has 0 aliphatic rings. The third kappa shape index (κ3) is 6.45. The van der Waals surface area contributed by atoms with Crippen molar-refractivity contribution in [3.05, 3.63) is 56.4 Å². The number of hydrogen-bond acceptors (Lipinski definition) is 4. The summed E-state index contributed by atoms with van der Waals surface area (Å²) < 4.78 is 0.723. The van der Waals surface area contributed by atoms with Crippen LogP contribution in [0, 0.1) is 0 Å². The maximum atomic E-state index is 12.0. The van der Waals surface area contributed by atoms with Crippen LogP contribution in [-0.4, -0.2) is 25.0 Å². The molecule has 24 heavy (non-hydrogen) atoms. The fraction of sp³-hybridized carbons (Fsp3) is 0.250. The minimum atomic E-state index is -0.481. The first-order valence-corrected chi connectivity index (χ1v) is 9.43. The van der Waals surface area contributed by atoms with Crippen molar-refractivity contribution in [2.75, 3.05) is 13.1 Å². The van der Waals surface area contributed by atoms with Crippen molar-refractivity contribution >= 4 is 46.2 Å². The van der Waals surface area contributed by atoms with Crippen LogP contribution in [0.15, 0.2) is 42.3 Å². The molecule has 3 amide bonds. The number of hydrogen-bond donors (Lipinski definition) is 3. The number of carbonyl (C=O) groups excluding carboxylic acids is 2. The molecular weight excluding hydrogens is 366 g/mol. The summed E-state index contributed by atoms with van der Waals surface area (Å²) in [7, 11) is 0. The third-order valence-electron chi connectivity index (χ3n) is 3.15. The molecule has 2 heterocycles. The lowest BCUT2D eigenvalue weighted by molar-refractivity contribution is -0.899. The van der Waals surface area contributed by atoms with Crippen molar-refractivity contribution in [1.82, 2.24) is 10.6 Å². The minimum Gasteiger partial charge on any atom is -0.333 e. The van der Waals surface area contributed by atoms with Crippen LogP contribution in [0.4, 0.5) is 4.79 Å². The van der Waals surface area contributed by atoms with Gasteiger partial charge in [0.2, 0.25) is 0 Å². The van der Waals surface area contributed by atoms with E-state index in [1.54, 1.807) is 17.4 Å². The van der Waals surface area contributed by atoms with Crippen LogP contribution in [0.1, 0.15) is 9.75 Å². The third-order valence-corrected chi connectivity index (χ3v) is 5.26. The largest absolute Gasteiger partial charge is 0.333 e. The van der Waals surface area contributed by atoms with Crippen molar-refractivity contribution in [2.45, 2.75) is 13.1 Å². The van der Waals surface area contributed by atoms with Gasteiger partial charge in [0.05, 0.1) is 22.3 Å². The second kappa shape index (κ2) is 9.58. The van der Waals surface area contributed by atoms with Crippen LogP contribution in [0.25, 0.3) is 0 Å². The summed E-state index contributed by atoms with van der Waals surface area (Å²) in [6, 6.07) is 7.14. The number of urea groups is 1. The summed E-state index contributed by atoms with van der Waals surface area (Å²) in [5, 5.41) is 6.97. The van der Waals surface area contributed by atoms with Crippen molar-refractivity contribution in [1.29, 1.82) is 0 Å². The second-order valence-corrected chi connectivity index (χ2v) is 7.94. The highest BCUT2D eigenvalue weighted by Gasteiger charge is 2.16. The fourth-order valence-corrected chi connectivity index (χ4v) is 3.93. The Labute approximate surface area is 153 Å². The van der Waals surface area contributed by atoms with E-state index in [0.717, 1.165) is 19.0 Å². The molecular formula is C16H19ClN3O2S2+. The van der Waals surface area contributed by atoms with E-state index in [4.69, 9.17) is 11.6 Å². The van der Waals surface area contributed by atoms with Gasteiger partial charge in [-0.05, 0) is 29.7 Å². The van der Waals surface area contributed by atoms with Crippen LogP contribution < -0.4 is 15.5 Å². The Morgan fingerprint density at radius 1 is 1.29 bits per heavy atom. The van der Waals surface area contributed by atoms with Crippen LogP contribution in [0.2, 0.25) is 4.34 Å². The highest BCUT2D eigenvalue weighted by Crippen LogP contribution is 2.20. The van der Waals surface area contributed by atoms with Gasteiger partial charge in [-0.25, -0.2) is 4.79 Å². The summed E-state index contributed by atoms with van der Waals surface area (Å²) in [6.07, 6.45) is 1.76. The fourth-order valence-electron chi connectivity index (χ4n) is 2.13. The lowest BCUT2D eigenvalue weighted by Gasteiger charge is -2.16. The van der Waals surface area contributed by atoms with Gasteiger partial charge < -0.3 is 10.2 Å². The maximum absolute atomic E-state index is 12.0. The Kier molecular flexibility index (Phi) is 7.45. The van der Waals surface area contributed by atoms with Crippen LogP contribution in [0.3, 0.4) is 0 Å². The molecule has 1 atom stereocenters. The van der Waals surface area contributed by atoms with E-state index in [0.29, 0.717) is 19.6 Å². The van der Waals surface area contributed by atoms with Gasteiger partial charge in [-0.1, -0.05) is 24.2 Å². The zero-order chi connectivity index (χ0) is 17.4. The lowest BCUT2D eigenvalue weighted by atomic mass is 10.3. The molecule has 0 bridgehead atoms. The van der Waals surface area contributed by atoms with Gasteiger partial charge in [0.15, 0.2) is 6.54 Å². The number of nitrogens with one attached hydrogen (secondary N) is 3. The predicted octanol–water partition coefficient (Wildman–Crippen LogP) is 2.06. The smallest absolute Gasteiger partial charge is 0.321 e. The zero-order valence-corrected chi connectivity index (χ0v) is 15.4. The Morgan fingerprint density at radius 2 is 2.12 bits per heavy atom. The van der Waals surface area contributed by atoms with Crippen LogP contribution in [0.5, 0.6) is 0 Å². The Morgan fingerprint density at radius 3 is 2.75 bits per heavy atom. The Hall–Kier alpha value is -1.67. The average Bonchev–Trinajstić information content (AvgIpc) is 3.17. The number of thiophene rings is 2. The standard InChI is InChI=1S/C16H18ClN3O2S2/c1-2-7-20(10-13-5-6-14(17)24-13)11-15(21)19-16(22)18-9-12-4-3-8-23-12/h2-6,8H,1,7,9-11H2,(H2,18,19,21,22)/p+1.